The van der Waals surface area contributed by atoms with Crippen molar-refractivity contribution in [2.45, 2.75) is 23.8 Å². The van der Waals surface area contributed by atoms with Gasteiger partial charge in [-0.25, -0.2) is 13.1 Å². The van der Waals surface area contributed by atoms with Gasteiger partial charge >= 0.3 is 0 Å². The van der Waals surface area contributed by atoms with E-state index in [1.165, 1.54) is 19.2 Å². The monoisotopic (exact) mass is 345 g/mol. The van der Waals surface area contributed by atoms with Crippen molar-refractivity contribution in [3.63, 3.8) is 0 Å². The van der Waals surface area contributed by atoms with E-state index < -0.39 is 10.0 Å². The molecule has 1 aromatic heterocycles. The minimum atomic E-state index is -3.50. The zero-order valence-corrected chi connectivity index (χ0v) is 14.2. The lowest BCUT2D eigenvalue weighted by molar-refractivity contribution is 0.0735. The average molecular weight is 345 g/mol. The summed E-state index contributed by atoms with van der Waals surface area (Å²) < 4.78 is 25.8. The maximum absolute atomic E-state index is 12.8. The van der Waals surface area contributed by atoms with E-state index in [2.05, 4.69) is 9.71 Å². The number of hydrogen-bond donors (Lipinski definition) is 1. The van der Waals surface area contributed by atoms with Crippen molar-refractivity contribution in [1.29, 1.82) is 0 Å². The first kappa shape index (κ1) is 16.6. The van der Waals surface area contributed by atoms with Crippen molar-refractivity contribution in [2.24, 2.45) is 0 Å². The number of hydrogen-bond acceptors (Lipinski definition) is 4. The Balaban J connectivity index is 1.83. The highest BCUT2D eigenvalue weighted by Crippen LogP contribution is 2.32. The second kappa shape index (κ2) is 6.70. The van der Waals surface area contributed by atoms with E-state index in [1.807, 2.05) is 17.0 Å². The molecule has 1 aromatic carbocycles. The fraction of sp³-hybridized carbons (Fsp3) is 0.294. The summed E-state index contributed by atoms with van der Waals surface area (Å²) in [6, 6.07) is 9.89. The Hall–Kier alpha value is -2.25. The molecule has 24 heavy (non-hydrogen) atoms. The van der Waals surface area contributed by atoms with E-state index in [4.69, 9.17) is 0 Å². The van der Waals surface area contributed by atoms with Crippen LogP contribution in [0.3, 0.4) is 0 Å². The van der Waals surface area contributed by atoms with Gasteiger partial charge in [0.25, 0.3) is 5.91 Å². The Morgan fingerprint density at radius 2 is 2.00 bits per heavy atom. The van der Waals surface area contributed by atoms with Crippen LogP contribution in [0.1, 0.15) is 34.8 Å². The molecule has 1 atom stereocenters. The number of sulfonamides is 1. The van der Waals surface area contributed by atoms with Gasteiger partial charge in [0, 0.05) is 24.5 Å². The predicted octanol–water partition coefficient (Wildman–Crippen LogP) is 1.97. The summed E-state index contributed by atoms with van der Waals surface area (Å²) in [5.41, 5.74) is 1.51. The number of rotatable bonds is 4. The first-order valence-electron chi connectivity index (χ1n) is 7.77. The van der Waals surface area contributed by atoms with E-state index in [-0.39, 0.29) is 16.8 Å². The normalized spacial score (nSPS) is 17.9. The van der Waals surface area contributed by atoms with Crippen LogP contribution >= 0.6 is 0 Å². The molecule has 2 heterocycles. The van der Waals surface area contributed by atoms with E-state index in [0.29, 0.717) is 12.1 Å². The van der Waals surface area contributed by atoms with E-state index in [0.717, 1.165) is 18.4 Å². The van der Waals surface area contributed by atoms with Gasteiger partial charge in [-0.2, -0.15) is 0 Å². The van der Waals surface area contributed by atoms with E-state index in [9.17, 15) is 13.2 Å². The first-order valence-corrected chi connectivity index (χ1v) is 9.26. The third-order valence-corrected chi connectivity index (χ3v) is 5.69. The van der Waals surface area contributed by atoms with Gasteiger partial charge in [0.2, 0.25) is 10.0 Å². The van der Waals surface area contributed by atoms with Crippen molar-refractivity contribution >= 4 is 15.9 Å². The van der Waals surface area contributed by atoms with Crippen LogP contribution in [0.15, 0.2) is 53.7 Å². The Bertz CT molecular complexity index is 820. The lowest BCUT2D eigenvalue weighted by Crippen LogP contribution is -2.30. The minimum Gasteiger partial charge on any atom is -0.332 e. The molecule has 126 valence electrons. The highest BCUT2D eigenvalue weighted by Gasteiger charge is 2.30. The zero-order valence-electron chi connectivity index (χ0n) is 13.3. The molecule has 0 saturated carbocycles. The topological polar surface area (TPSA) is 79.4 Å². The van der Waals surface area contributed by atoms with Crippen LogP contribution in [0.4, 0.5) is 0 Å². The fourth-order valence-electron chi connectivity index (χ4n) is 2.99. The molecular formula is C17H19N3O3S. The molecule has 1 saturated heterocycles. The number of carbonyl (C=O) groups excluding carboxylic acids is 1. The van der Waals surface area contributed by atoms with Gasteiger partial charge in [-0.15, -0.1) is 0 Å². The van der Waals surface area contributed by atoms with Gasteiger partial charge in [-0.3, -0.25) is 9.78 Å². The Kier molecular flexibility index (Phi) is 4.64. The number of benzene rings is 1. The second-order valence-electron chi connectivity index (χ2n) is 5.67. The van der Waals surface area contributed by atoms with Crippen molar-refractivity contribution < 1.29 is 13.2 Å². The molecule has 0 unspecified atom stereocenters. The number of carbonyl (C=O) groups is 1. The van der Waals surface area contributed by atoms with Gasteiger partial charge < -0.3 is 4.90 Å². The summed E-state index contributed by atoms with van der Waals surface area (Å²) in [6.45, 7) is 0.689. The number of nitrogens with zero attached hydrogens (tertiary/aromatic N) is 2. The van der Waals surface area contributed by atoms with Gasteiger partial charge in [0.1, 0.15) is 0 Å². The van der Waals surface area contributed by atoms with Gasteiger partial charge in [-0.05, 0) is 55.8 Å². The highest BCUT2D eigenvalue weighted by atomic mass is 32.2. The predicted molar refractivity (Wildman–Crippen MR) is 89.9 cm³/mol. The molecular weight excluding hydrogens is 326 g/mol. The Labute approximate surface area is 141 Å². The summed E-state index contributed by atoms with van der Waals surface area (Å²) in [4.78, 5) is 18.9. The maximum atomic E-state index is 12.8. The number of nitrogens with one attached hydrogen (secondary N) is 1. The van der Waals surface area contributed by atoms with Crippen LogP contribution in [-0.4, -0.2) is 37.8 Å². The van der Waals surface area contributed by atoms with Crippen LogP contribution in [0.2, 0.25) is 0 Å². The summed E-state index contributed by atoms with van der Waals surface area (Å²) in [5, 5.41) is 0. The summed E-state index contributed by atoms with van der Waals surface area (Å²) in [5.74, 6) is -0.0882. The molecule has 1 N–H and O–H groups in total. The molecule has 2 aromatic rings. The van der Waals surface area contributed by atoms with Gasteiger partial charge in [0.15, 0.2) is 0 Å². The van der Waals surface area contributed by atoms with Crippen molar-refractivity contribution in [3.8, 4) is 0 Å². The molecule has 1 fully saturated rings. The SMILES string of the molecule is CNS(=O)(=O)c1ccc(C(=O)N2CCC[C@H]2c2cccnc2)cc1. The molecule has 3 rings (SSSR count). The van der Waals surface area contributed by atoms with Gasteiger partial charge in [0.05, 0.1) is 10.9 Å². The lowest BCUT2D eigenvalue weighted by Gasteiger charge is -2.25. The number of aromatic nitrogens is 1. The van der Waals surface area contributed by atoms with E-state index in [1.54, 1.807) is 24.5 Å². The van der Waals surface area contributed by atoms with Crippen LogP contribution in [0.25, 0.3) is 0 Å². The molecule has 0 spiro atoms. The van der Waals surface area contributed by atoms with Crippen LogP contribution < -0.4 is 4.72 Å². The third-order valence-electron chi connectivity index (χ3n) is 4.26. The second-order valence-corrected chi connectivity index (χ2v) is 7.56. The summed E-state index contributed by atoms with van der Waals surface area (Å²) >= 11 is 0. The molecule has 1 aliphatic heterocycles. The molecule has 7 heteroatoms. The first-order chi connectivity index (χ1) is 11.5. The fourth-order valence-corrected chi connectivity index (χ4v) is 3.72. The molecule has 6 nitrogen and oxygen atoms in total. The summed E-state index contributed by atoms with van der Waals surface area (Å²) in [6.07, 6.45) is 5.35. The molecule has 0 bridgehead atoms. The smallest absolute Gasteiger partial charge is 0.254 e. The Morgan fingerprint density at radius 1 is 1.25 bits per heavy atom. The van der Waals surface area contributed by atoms with E-state index >= 15 is 0 Å². The van der Waals surface area contributed by atoms with Crippen molar-refractivity contribution in [2.75, 3.05) is 13.6 Å². The van der Waals surface area contributed by atoms with Crippen LogP contribution in [-0.2, 0) is 10.0 Å². The third kappa shape index (κ3) is 3.18. The number of amides is 1. The quantitative estimate of drug-likeness (QED) is 0.919. The minimum absolute atomic E-state index is 0.0203. The van der Waals surface area contributed by atoms with Crippen LogP contribution in [0.5, 0.6) is 0 Å². The highest BCUT2D eigenvalue weighted by molar-refractivity contribution is 7.89. The van der Waals surface area contributed by atoms with Crippen molar-refractivity contribution in [3.05, 3.63) is 59.9 Å². The molecule has 0 aliphatic carbocycles. The van der Waals surface area contributed by atoms with Gasteiger partial charge in [-0.1, -0.05) is 6.07 Å². The number of pyridine rings is 1. The largest absolute Gasteiger partial charge is 0.332 e. The number of likely N-dealkylation sites (tertiary alicyclic amines) is 1. The molecule has 1 amide bonds. The average Bonchev–Trinajstić information content (AvgIpc) is 3.11. The standard InChI is InChI=1S/C17H19N3O3S/c1-18-24(22,23)15-8-6-13(7-9-15)17(21)20-11-3-5-16(20)14-4-2-10-19-12-14/h2,4,6-10,12,16,18H,3,5,11H2,1H3/t16-/m0/s1. The summed E-state index contributed by atoms with van der Waals surface area (Å²) in [7, 11) is -2.14. The van der Waals surface area contributed by atoms with Crippen molar-refractivity contribution in [1.82, 2.24) is 14.6 Å². The molecule has 1 aliphatic rings. The van der Waals surface area contributed by atoms with Crippen LogP contribution in [0, 0.1) is 0 Å². The maximum Gasteiger partial charge on any atom is 0.254 e. The lowest BCUT2D eigenvalue weighted by atomic mass is 10.1. The zero-order chi connectivity index (χ0) is 17.2. The molecule has 0 radical (unpaired) electrons. The Morgan fingerprint density at radius 3 is 2.62 bits per heavy atom.